The van der Waals surface area contributed by atoms with Crippen molar-refractivity contribution >= 4 is 35.6 Å². The van der Waals surface area contributed by atoms with Gasteiger partial charge in [0, 0.05) is 24.1 Å². The molecule has 1 fully saturated rings. The number of hydrogen-bond acceptors (Lipinski definition) is 5. The molecule has 3 aromatic rings. The predicted molar refractivity (Wildman–Crippen MR) is 116 cm³/mol. The number of nitrogens with zero attached hydrogens (tertiary/aromatic N) is 2. The molecule has 1 saturated heterocycles. The lowest BCUT2D eigenvalue weighted by atomic mass is 10.1. The van der Waals surface area contributed by atoms with Crippen LogP contribution in [0.3, 0.4) is 0 Å². The highest BCUT2D eigenvalue weighted by molar-refractivity contribution is 6.04. The topological polar surface area (TPSA) is 101 Å². The van der Waals surface area contributed by atoms with Gasteiger partial charge in [-0.25, -0.2) is 0 Å². The Bertz CT molecular complexity index is 1010. The van der Waals surface area contributed by atoms with E-state index in [-0.39, 0.29) is 36.0 Å². The zero-order valence-electron chi connectivity index (χ0n) is 16.6. The molecule has 0 spiro atoms. The van der Waals surface area contributed by atoms with Gasteiger partial charge in [0.1, 0.15) is 0 Å². The minimum atomic E-state index is -0.322. The van der Waals surface area contributed by atoms with Gasteiger partial charge in [-0.15, -0.1) is 12.4 Å². The first-order chi connectivity index (χ1) is 14.1. The van der Waals surface area contributed by atoms with Crippen LogP contribution in [0.15, 0.2) is 53.3 Å². The molecule has 2 aromatic heterocycles. The number of carbonyl (C=O) groups is 2. The van der Waals surface area contributed by atoms with Crippen molar-refractivity contribution in [1.82, 2.24) is 15.1 Å². The van der Waals surface area contributed by atoms with Crippen LogP contribution in [0, 0.1) is 6.92 Å². The molecule has 30 heavy (non-hydrogen) atoms. The van der Waals surface area contributed by atoms with Crippen LogP contribution in [0.4, 0.5) is 11.4 Å². The van der Waals surface area contributed by atoms with Gasteiger partial charge in [0.15, 0.2) is 11.5 Å². The van der Waals surface area contributed by atoms with Crippen molar-refractivity contribution in [1.29, 1.82) is 0 Å². The minimum absolute atomic E-state index is 0. The first kappa shape index (κ1) is 21.6. The first-order valence-corrected chi connectivity index (χ1v) is 9.63. The van der Waals surface area contributed by atoms with E-state index in [9.17, 15) is 9.59 Å². The second-order valence-electron chi connectivity index (χ2n) is 7.10. The number of benzene rings is 1. The fourth-order valence-corrected chi connectivity index (χ4v) is 3.39. The second-order valence-corrected chi connectivity index (χ2v) is 7.10. The predicted octanol–water partition coefficient (Wildman–Crippen LogP) is 3.64. The molecule has 8 nitrogen and oxygen atoms in total. The zero-order chi connectivity index (χ0) is 20.2. The first-order valence-electron chi connectivity index (χ1n) is 9.63. The zero-order valence-corrected chi connectivity index (χ0v) is 17.4. The second kappa shape index (κ2) is 9.60. The van der Waals surface area contributed by atoms with Crippen LogP contribution in [0.2, 0.25) is 0 Å². The summed E-state index contributed by atoms with van der Waals surface area (Å²) in [5, 5.41) is 13.4. The number of furan rings is 1. The molecule has 3 heterocycles. The summed E-state index contributed by atoms with van der Waals surface area (Å²) in [6, 6.07) is 10.6. The van der Waals surface area contributed by atoms with Gasteiger partial charge in [0.05, 0.1) is 12.3 Å². The van der Waals surface area contributed by atoms with Crippen molar-refractivity contribution in [3.63, 3.8) is 0 Å². The molecule has 0 radical (unpaired) electrons. The molecule has 1 aliphatic heterocycles. The number of anilines is 2. The molecule has 1 atom stereocenters. The van der Waals surface area contributed by atoms with E-state index in [1.807, 2.05) is 17.8 Å². The monoisotopic (exact) mass is 429 g/mol. The van der Waals surface area contributed by atoms with Crippen LogP contribution >= 0.6 is 12.4 Å². The Hall–Kier alpha value is -3.10. The molecule has 0 aliphatic carbocycles. The van der Waals surface area contributed by atoms with Crippen LogP contribution in [0.1, 0.15) is 45.5 Å². The highest BCUT2D eigenvalue weighted by atomic mass is 35.5. The van der Waals surface area contributed by atoms with E-state index in [4.69, 9.17) is 4.42 Å². The van der Waals surface area contributed by atoms with E-state index < -0.39 is 0 Å². The maximum atomic E-state index is 12.6. The molecule has 4 rings (SSSR count). The van der Waals surface area contributed by atoms with E-state index in [1.165, 1.54) is 6.26 Å². The van der Waals surface area contributed by atoms with Gasteiger partial charge < -0.3 is 20.4 Å². The molecule has 1 unspecified atom stereocenters. The van der Waals surface area contributed by atoms with Gasteiger partial charge in [-0.2, -0.15) is 5.10 Å². The molecule has 3 N–H and O–H groups in total. The number of carbonyl (C=O) groups excluding carboxylic acids is 2. The summed E-state index contributed by atoms with van der Waals surface area (Å²) in [6.45, 7) is 3.76. The van der Waals surface area contributed by atoms with Crippen LogP contribution in [0.5, 0.6) is 0 Å². The van der Waals surface area contributed by atoms with Crippen molar-refractivity contribution in [2.75, 3.05) is 23.7 Å². The Kier molecular flexibility index (Phi) is 6.91. The van der Waals surface area contributed by atoms with E-state index in [1.54, 1.807) is 36.4 Å². The van der Waals surface area contributed by atoms with E-state index in [2.05, 4.69) is 21.0 Å². The van der Waals surface area contributed by atoms with Gasteiger partial charge in [-0.3, -0.25) is 14.3 Å². The van der Waals surface area contributed by atoms with Crippen molar-refractivity contribution in [3.8, 4) is 0 Å². The molecular formula is C21H24ClN5O3. The van der Waals surface area contributed by atoms with Crippen LogP contribution in [-0.4, -0.2) is 34.7 Å². The molecular weight excluding hydrogens is 406 g/mol. The lowest BCUT2D eigenvalue weighted by Crippen LogP contribution is -2.32. The quantitative estimate of drug-likeness (QED) is 0.574. The maximum absolute atomic E-state index is 12.6. The Morgan fingerprint density at radius 1 is 1.20 bits per heavy atom. The summed E-state index contributed by atoms with van der Waals surface area (Å²) in [6.07, 6.45) is 5.46. The Labute approximate surface area is 180 Å². The molecule has 9 heteroatoms. The Morgan fingerprint density at radius 2 is 2.07 bits per heavy atom. The molecule has 158 valence electrons. The average molecular weight is 430 g/mol. The smallest absolute Gasteiger partial charge is 0.291 e. The summed E-state index contributed by atoms with van der Waals surface area (Å²) in [5.41, 5.74) is 2.49. The number of piperidine rings is 1. The van der Waals surface area contributed by atoms with Crippen LogP contribution in [0.25, 0.3) is 0 Å². The van der Waals surface area contributed by atoms with Crippen molar-refractivity contribution < 1.29 is 14.0 Å². The van der Waals surface area contributed by atoms with Gasteiger partial charge in [-0.1, -0.05) is 0 Å². The standard InChI is InChI=1S/C21H23N5O3.ClH/c1-14-12-15(6-7-17(14)24-21(28)19-5-3-11-29-19)23-20(27)18-8-10-26(25-18)16-4-2-9-22-13-16;/h3,5-8,10-12,16,22H,2,4,9,13H2,1H3,(H,23,27)(H,24,28);1H. The summed E-state index contributed by atoms with van der Waals surface area (Å²) in [5.74, 6) is -0.345. The highest BCUT2D eigenvalue weighted by Gasteiger charge is 2.18. The largest absolute Gasteiger partial charge is 0.459 e. The normalized spacial score (nSPS) is 15.8. The average Bonchev–Trinajstić information content (AvgIpc) is 3.43. The van der Waals surface area contributed by atoms with Crippen LogP contribution in [-0.2, 0) is 0 Å². The molecule has 2 amide bonds. The van der Waals surface area contributed by atoms with Crippen molar-refractivity contribution in [2.45, 2.75) is 25.8 Å². The summed E-state index contributed by atoms with van der Waals surface area (Å²) >= 11 is 0. The molecule has 1 aliphatic rings. The van der Waals surface area contributed by atoms with E-state index in [0.717, 1.165) is 31.5 Å². The number of amides is 2. The number of rotatable bonds is 5. The summed E-state index contributed by atoms with van der Waals surface area (Å²) < 4.78 is 6.96. The lowest BCUT2D eigenvalue weighted by molar-refractivity contribution is 0.0993. The fraction of sp³-hybridized carbons (Fsp3) is 0.286. The van der Waals surface area contributed by atoms with Crippen LogP contribution < -0.4 is 16.0 Å². The van der Waals surface area contributed by atoms with Gasteiger partial charge >= 0.3 is 0 Å². The molecule has 1 aromatic carbocycles. The van der Waals surface area contributed by atoms with Gasteiger partial charge in [0.2, 0.25) is 0 Å². The summed E-state index contributed by atoms with van der Waals surface area (Å²) in [7, 11) is 0. The molecule has 0 bridgehead atoms. The van der Waals surface area contributed by atoms with E-state index >= 15 is 0 Å². The summed E-state index contributed by atoms with van der Waals surface area (Å²) in [4.78, 5) is 24.7. The molecule has 0 saturated carbocycles. The number of hydrogen-bond donors (Lipinski definition) is 3. The third kappa shape index (κ3) is 4.90. The Balaban J connectivity index is 0.00000256. The van der Waals surface area contributed by atoms with Gasteiger partial charge in [-0.05, 0) is 68.3 Å². The van der Waals surface area contributed by atoms with Gasteiger partial charge in [0.25, 0.3) is 11.8 Å². The number of aryl methyl sites for hydroxylation is 1. The van der Waals surface area contributed by atoms with E-state index in [0.29, 0.717) is 17.1 Å². The lowest BCUT2D eigenvalue weighted by Gasteiger charge is -2.22. The third-order valence-corrected chi connectivity index (χ3v) is 4.96. The highest BCUT2D eigenvalue weighted by Crippen LogP contribution is 2.21. The number of halogens is 1. The number of aromatic nitrogens is 2. The maximum Gasteiger partial charge on any atom is 0.291 e. The fourth-order valence-electron chi connectivity index (χ4n) is 3.39. The van der Waals surface area contributed by atoms with Crippen molar-refractivity contribution in [2.24, 2.45) is 0 Å². The minimum Gasteiger partial charge on any atom is -0.459 e. The number of nitrogens with one attached hydrogen (secondary N) is 3. The van der Waals surface area contributed by atoms with Crippen molar-refractivity contribution in [3.05, 3.63) is 65.9 Å². The Morgan fingerprint density at radius 3 is 2.77 bits per heavy atom. The third-order valence-electron chi connectivity index (χ3n) is 4.96. The SMILES string of the molecule is Cc1cc(NC(=O)c2ccn(C3CCCNC3)n2)ccc1NC(=O)c1ccco1.Cl.